The summed E-state index contributed by atoms with van der Waals surface area (Å²) < 4.78 is 7.16. The molecule has 1 aromatic heterocycles. The minimum atomic E-state index is -0.131. The summed E-state index contributed by atoms with van der Waals surface area (Å²) in [6, 6.07) is 7.46. The summed E-state index contributed by atoms with van der Waals surface area (Å²) in [6.45, 7) is 5.33. The van der Waals surface area contributed by atoms with Crippen LogP contribution in [-0.2, 0) is 11.3 Å². The van der Waals surface area contributed by atoms with Crippen molar-refractivity contribution in [2.45, 2.75) is 45.7 Å². The highest BCUT2D eigenvalue weighted by atomic mass is 16.5. The van der Waals surface area contributed by atoms with Crippen LogP contribution in [0.5, 0.6) is 5.75 Å². The minimum Gasteiger partial charge on any atom is -0.495 e. The Hall–Kier alpha value is -2.83. The molecular weight excluding hydrogens is 356 g/mol. The Morgan fingerprint density at radius 3 is 2.75 bits per heavy atom. The summed E-state index contributed by atoms with van der Waals surface area (Å²) in [5.74, 6) is 0.427. The van der Waals surface area contributed by atoms with Crippen LogP contribution < -0.4 is 9.64 Å². The van der Waals surface area contributed by atoms with E-state index in [0.29, 0.717) is 24.4 Å². The maximum Gasteiger partial charge on any atom is 0.257 e. The van der Waals surface area contributed by atoms with E-state index in [1.54, 1.807) is 34.0 Å². The third-order valence-corrected chi connectivity index (χ3v) is 5.17. The molecule has 1 atom stereocenters. The van der Waals surface area contributed by atoms with Gasteiger partial charge in [-0.05, 0) is 25.5 Å². The first-order valence-corrected chi connectivity index (χ1v) is 9.85. The first-order valence-electron chi connectivity index (χ1n) is 9.85. The minimum absolute atomic E-state index is 0.0416. The zero-order valence-electron chi connectivity index (χ0n) is 16.8. The number of aromatic nitrogens is 2. The first kappa shape index (κ1) is 19.9. The van der Waals surface area contributed by atoms with Crippen LogP contribution in [0.25, 0.3) is 0 Å². The number of unbranched alkanes of at least 4 members (excludes halogenated alkanes) is 1. The van der Waals surface area contributed by atoms with E-state index in [2.05, 4.69) is 12.0 Å². The number of anilines is 1. The van der Waals surface area contributed by atoms with Crippen LogP contribution in [0.4, 0.5) is 5.69 Å². The molecule has 1 aliphatic heterocycles. The zero-order valence-corrected chi connectivity index (χ0v) is 16.8. The lowest BCUT2D eigenvalue weighted by Gasteiger charge is -2.41. The second-order valence-electron chi connectivity index (χ2n) is 6.99. The molecule has 2 heterocycles. The summed E-state index contributed by atoms with van der Waals surface area (Å²) >= 11 is 0. The van der Waals surface area contributed by atoms with Crippen LogP contribution in [0.1, 0.15) is 43.5 Å². The highest BCUT2D eigenvalue weighted by molar-refractivity contribution is 6.02. The van der Waals surface area contributed by atoms with Gasteiger partial charge in [-0.1, -0.05) is 31.9 Å². The molecule has 150 valence electrons. The Morgan fingerprint density at radius 1 is 1.29 bits per heavy atom. The van der Waals surface area contributed by atoms with Gasteiger partial charge in [0.1, 0.15) is 12.3 Å². The molecule has 2 aromatic rings. The maximum atomic E-state index is 13.1. The largest absolute Gasteiger partial charge is 0.495 e. The summed E-state index contributed by atoms with van der Waals surface area (Å²) in [5, 5.41) is 4.20. The average molecular weight is 384 g/mol. The van der Waals surface area contributed by atoms with Crippen LogP contribution in [0.2, 0.25) is 0 Å². The molecule has 2 amide bonds. The van der Waals surface area contributed by atoms with E-state index in [4.69, 9.17) is 4.74 Å². The fraction of sp³-hybridized carbons (Fsp3) is 0.476. The number of piperazine rings is 1. The van der Waals surface area contributed by atoms with Crippen molar-refractivity contribution in [3.63, 3.8) is 0 Å². The van der Waals surface area contributed by atoms with Gasteiger partial charge in [-0.25, -0.2) is 0 Å². The molecule has 1 unspecified atom stereocenters. The van der Waals surface area contributed by atoms with Gasteiger partial charge in [0.25, 0.3) is 5.91 Å². The number of hydrogen-bond donors (Lipinski definition) is 0. The summed E-state index contributed by atoms with van der Waals surface area (Å²) in [5.41, 5.74) is 1.28. The number of amides is 2. The van der Waals surface area contributed by atoms with Gasteiger partial charge in [0, 0.05) is 19.3 Å². The lowest BCUT2D eigenvalue weighted by atomic mass is 10.0. The van der Waals surface area contributed by atoms with Crippen LogP contribution in [-0.4, -0.2) is 52.7 Å². The van der Waals surface area contributed by atoms with Gasteiger partial charge in [-0.2, -0.15) is 5.10 Å². The summed E-state index contributed by atoms with van der Waals surface area (Å²) in [6.07, 6.45) is 6.21. The highest BCUT2D eigenvalue weighted by Crippen LogP contribution is 2.31. The smallest absolute Gasteiger partial charge is 0.257 e. The number of hydrogen-bond acceptors (Lipinski definition) is 4. The lowest BCUT2D eigenvalue weighted by molar-refractivity contribution is -0.121. The zero-order chi connectivity index (χ0) is 20.1. The number of aryl methyl sites for hydroxylation is 1. The molecule has 1 fully saturated rings. The van der Waals surface area contributed by atoms with E-state index < -0.39 is 0 Å². The van der Waals surface area contributed by atoms with Gasteiger partial charge in [-0.15, -0.1) is 0 Å². The molecule has 0 bridgehead atoms. The molecule has 0 saturated carbocycles. The predicted octanol–water partition coefficient (Wildman–Crippen LogP) is 2.96. The van der Waals surface area contributed by atoms with Crippen molar-refractivity contribution >= 4 is 17.5 Å². The van der Waals surface area contributed by atoms with Gasteiger partial charge in [0.2, 0.25) is 5.91 Å². The lowest BCUT2D eigenvalue weighted by Crippen LogP contribution is -2.58. The van der Waals surface area contributed by atoms with Crippen LogP contribution in [0.3, 0.4) is 0 Å². The molecule has 1 aliphatic rings. The van der Waals surface area contributed by atoms with E-state index in [9.17, 15) is 9.59 Å². The average Bonchev–Trinajstić information content (AvgIpc) is 3.21. The Labute approximate surface area is 165 Å². The molecule has 28 heavy (non-hydrogen) atoms. The van der Waals surface area contributed by atoms with Crippen molar-refractivity contribution in [2.24, 2.45) is 0 Å². The molecule has 0 spiro atoms. The van der Waals surface area contributed by atoms with Crippen molar-refractivity contribution < 1.29 is 14.3 Å². The molecular formula is C21H28N4O3. The molecule has 0 N–H and O–H groups in total. The normalized spacial score (nSPS) is 17.1. The number of carbonyl (C=O) groups excluding carboxylic acids is 2. The van der Waals surface area contributed by atoms with Gasteiger partial charge in [-0.3, -0.25) is 14.3 Å². The van der Waals surface area contributed by atoms with Crippen molar-refractivity contribution in [2.75, 3.05) is 25.1 Å². The number of methoxy groups -OCH3 is 1. The van der Waals surface area contributed by atoms with E-state index in [0.717, 1.165) is 24.9 Å². The van der Waals surface area contributed by atoms with Crippen LogP contribution in [0.15, 0.2) is 36.7 Å². The quantitative estimate of drug-likeness (QED) is 0.736. The number of ether oxygens (including phenoxy) is 1. The van der Waals surface area contributed by atoms with E-state index in [1.807, 2.05) is 31.2 Å². The number of para-hydroxylation sites is 2. The van der Waals surface area contributed by atoms with Gasteiger partial charge in [0.05, 0.1) is 30.6 Å². The molecule has 7 nitrogen and oxygen atoms in total. The third kappa shape index (κ3) is 4.03. The van der Waals surface area contributed by atoms with Crippen LogP contribution >= 0.6 is 0 Å². The molecule has 0 radical (unpaired) electrons. The van der Waals surface area contributed by atoms with Crippen LogP contribution in [0, 0.1) is 0 Å². The van der Waals surface area contributed by atoms with Gasteiger partial charge < -0.3 is 14.5 Å². The first-order chi connectivity index (χ1) is 13.6. The van der Waals surface area contributed by atoms with Crippen molar-refractivity contribution in [3.05, 3.63) is 42.2 Å². The van der Waals surface area contributed by atoms with Gasteiger partial charge in [0.15, 0.2) is 0 Å². The Bertz CT molecular complexity index is 833. The maximum absolute atomic E-state index is 13.1. The molecule has 1 saturated heterocycles. The number of nitrogens with zero attached hydrogens (tertiary/aromatic N) is 4. The monoisotopic (exact) mass is 384 g/mol. The molecule has 0 aliphatic carbocycles. The predicted molar refractivity (Wildman–Crippen MR) is 108 cm³/mol. The van der Waals surface area contributed by atoms with E-state index >= 15 is 0 Å². The topological polar surface area (TPSA) is 67.7 Å². The summed E-state index contributed by atoms with van der Waals surface area (Å²) in [4.78, 5) is 29.5. The third-order valence-electron chi connectivity index (χ3n) is 5.17. The van der Waals surface area contributed by atoms with Gasteiger partial charge >= 0.3 is 0 Å². The number of carbonyl (C=O) groups is 2. The standard InChI is InChI=1S/C21H28N4O3/c1-4-6-9-17-14-25(18-10-7-8-11-19(18)28-3)20(26)15-24(17)21(27)16-12-22-23(5-2)13-16/h7-8,10-13,17H,4-6,9,14-15H2,1-3H3. The second-order valence-corrected chi connectivity index (χ2v) is 6.99. The SMILES string of the molecule is CCCCC1CN(c2ccccc2OC)C(=O)CN1C(=O)c1cnn(CC)c1. The van der Waals surface area contributed by atoms with Crippen molar-refractivity contribution in [3.8, 4) is 5.75 Å². The molecule has 3 rings (SSSR count). The van der Waals surface area contributed by atoms with Crippen molar-refractivity contribution in [1.82, 2.24) is 14.7 Å². The fourth-order valence-electron chi connectivity index (χ4n) is 3.59. The Morgan fingerprint density at radius 2 is 2.07 bits per heavy atom. The number of rotatable bonds is 7. The highest BCUT2D eigenvalue weighted by Gasteiger charge is 2.36. The van der Waals surface area contributed by atoms with Crippen molar-refractivity contribution in [1.29, 1.82) is 0 Å². The Balaban J connectivity index is 1.86. The molecule has 1 aromatic carbocycles. The molecule has 7 heteroatoms. The summed E-state index contributed by atoms with van der Waals surface area (Å²) in [7, 11) is 1.60. The fourth-order valence-corrected chi connectivity index (χ4v) is 3.59. The number of benzene rings is 1. The second kappa shape index (κ2) is 8.91. The van der Waals surface area contributed by atoms with E-state index in [-0.39, 0.29) is 24.4 Å². The van der Waals surface area contributed by atoms with E-state index in [1.165, 1.54) is 0 Å². The Kier molecular flexibility index (Phi) is 6.34.